The van der Waals surface area contributed by atoms with E-state index in [1.807, 2.05) is 6.07 Å². The second-order valence-corrected chi connectivity index (χ2v) is 7.61. The molecule has 1 aliphatic heterocycles. The monoisotopic (exact) mass is 417 g/mol. The molecule has 2 fully saturated rings. The number of imide groups is 1. The summed E-state index contributed by atoms with van der Waals surface area (Å²) in [7, 11) is 0. The molecule has 8 nitrogen and oxygen atoms in total. The first kappa shape index (κ1) is 20.8. The molecule has 1 saturated heterocycles. The summed E-state index contributed by atoms with van der Waals surface area (Å²) in [6.07, 6.45) is 3.08. The van der Waals surface area contributed by atoms with Gasteiger partial charge in [0, 0.05) is 5.02 Å². The number of carbonyl (C=O) groups excluding carboxylic acids is 4. The number of benzene rings is 1. The van der Waals surface area contributed by atoms with Crippen molar-refractivity contribution in [1.82, 2.24) is 4.90 Å². The lowest BCUT2D eigenvalue weighted by atomic mass is 9.81. The third-order valence-corrected chi connectivity index (χ3v) is 5.56. The van der Waals surface area contributed by atoms with E-state index in [0.29, 0.717) is 17.9 Å². The van der Waals surface area contributed by atoms with Crippen LogP contribution in [0.25, 0.3) is 0 Å². The zero-order valence-corrected chi connectivity index (χ0v) is 16.6. The van der Waals surface area contributed by atoms with E-state index in [-0.39, 0.29) is 34.9 Å². The molecule has 0 bridgehead atoms. The van der Waals surface area contributed by atoms with Gasteiger partial charge in [-0.1, -0.05) is 24.4 Å². The Kier molecular flexibility index (Phi) is 6.18. The average molecular weight is 418 g/mol. The third kappa shape index (κ3) is 4.25. The zero-order valence-electron chi connectivity index (χ0n) is 15.8. The van der Waals surface area contributed by atoms with Crippen LogP contribution >= 0.6 is 11.6 Å². The van der Waals surface area contributed by atoms with Gasteiger partial charge >= 0.3 is 5.97 Å². The number of amides is 3. The molecular weight excluding hydrogens is 398 g/mol. The minimum atomic E-state index is -1.10. The molecule has 152 valence electrons. The zero-order chi connectivity index (χ0) is 21.1. The SMILES string of the molecule is C[C@@H](C(=O)OCC(=O)Nc1cc(Cl)ccc1C#N)N1C(=O)[C@H]2CCCC[C@H]2C1=O. The summed E-state index contributed by atoms with van der Waals surface area (Å²) in [5, 5.41) is 11.9. The van der Waals surface area contributed by atoms with Crippen LogP contribution in [-0.2, 0) is 23.9 Å². The lowest BCUT2D eigenvalue weighted by Crippen LogP contribution is -2.45. The van der Waals surface area contributed by atoms with Gasteiger partial charge in [-0.15, -0.1) is 0 Å². The topological polar surface area (TPSA) is 117 Å². The van der Waals surface area contributed by atoms with Gasteiger partial charge in [0.05, 0.1) is 23.1 Å². The van der Waals surface area contributed by atoms with Crippen molar-refractivity contribution < 1.29 is 23.9 Å². The number of anilines is 1. The van der Waals surface area contributed by atoms with Gasteiger partial charge in [-0.2, -0.15) is 5.26 Å². The number of rotatable bonds is 5. The highest BCUT2D eigenvalue weighted by Gasteiger charge is 2.51. The summed E-state index contributed by atoms with van der Waals surface area (Å²) in [6, 6.07) is 5.19. The quantitative estimate of drug-likeness (QED) is 0.580. The fourth-order valence-corrected chi connectivity index (χ4v) is 4.01. The van der Waals surface area contributed by atoms with E-state index in [9.17, 15) is 19.2 Å². The van der Waals surface area contributed by atoms with E-state index in [2.05, 4.69) is 5.32 Å². The highest BCUT2D eigenvalue weighted by atomic mass is 35.5. The number of ether oxygens (including phenoxy) is 1. The summed E-state index contributed by atoms with van der Waals surface area (Å²) in [5.41, 5.74) is 0.404. The smallest absolute Gasteiger partial charge is 0.329 e. The molecule has 9 heteroatoms. The van der Waals surface area contributed by atoms with Crippen LogP contribution in [0.4, 0.5) is 5.69 Å². The van der Waals surface area contributed by atoms with Crippen LogP contribution in [0.3, 0.4) is 0 Å². The van der Waals surface area contributed by atoms with Gasteiger partial charge in [-0.25, -0.2) is 4.79 Å². The van der Waals surface area contributed by atoms with Crippen LogP contribution in [0, 0.1) is 23.2 Å². The maximum Gasteiger partial charge on any atom is 0.329 e. The number of hydrogen-bond donors (Lipinski definition) is 1. The van der Waals surface area contributed by atoms with Gasteiger partial charge in [0.2, 0.25) is 11.8 Å². The number of carbonyl (C=O) groups is 4. The van der Waals surface area contributed by atoms with Crippen LogP contribution in [0.15, 0.2) is 18.2 Å². The molecule has 1 saturated carbocycles. The molecule has 0 spiro atoms. The standard InChI is InChI=1S/C20H20ClN3O5/c1-11(24-18(26)14-4-2-3-5-15(14)19(24)27)20(28)29-10-17(25)23-16-8-13(21)7-6-12(16)9-22/h6-8,11,14-15H,2-5,10H2,1H3,(H,23,25)/t11-,14-,15+/m0/s1. The van der Waals surface area contributed by atoms with E-state index in [4.69, 9.17) is 21.6 Å². The Balaban J connectivity index is 1.58. The molecule has 1 N–H and O–H groups in total. The number of nitriles is 1. The molecule has 1 aliphatic carbocycles. The Hall–Kier alpha value is -2.92. The minimum absolute atomic E-state index is 0.197. The lowest BCUT2D eigenvalue weighted by molar-refractivity contribution is -0.159. The minimum Gasteiger partial charge on any atom is -0.454 e. The van der Waals surface area contributed by atoms with Crippen LogP contribution < -0.4 is 5.32 Å². The Labute approximate surface area is 172 Å². The van der Waals surface area contributed by atoms with Crippen LogP contribution in [0.5, 0.6) is 0 Å². The Morgan fingerprint density at radius 3 is 2.48 bits per heavy atom. The Bertz CT molecular complexity index is 886. The summed E-state index contributed by atoms with van der Waals surface area (Å²) < 4.78 is 4.99. The van der Waals surface area contributed by atoms with Gasteiger partial charge in [-0.05, 0) is 38.0 Å². The van der Waals surface area contributed by atoms with Crippen molar-refractivity contribution in [2.24, 2.45) is 11.8 Å². The molecule has 3 amide bonds. The summed E-state index contributed by atoms with van der Waals surface area (Å²) in [5.74, 6) is -2.91. The lowest BCUT2D eigenvalue weighted by Gasteiger charge is -2.21. The van der Waals surface area contributed by atoms with E-state index < -0.39 is 24.5 Å². The summed E-state index contributed by atoms with van der Waals surface area (Å²) in [6.45, 7) is 0.793. The van der Waals surface area contributed by atoms with Crippen molar-refractivity contribution >= 4 is 41.0 Å². The predicted octanol–water partition coefficient (Wildman–Crippen LogP) is 2.26. The fourth-order valence-electron chi connectivity index (χ4n) is 3.84. The molecule has 1 aromatic rings. The predicted molar refractivity (Wildman–Crippen MR) is 103 cm³/mol. The molecule has 0 unspecified atom stereocenters. The van der Waals surface area contributed by atoms with Crippen LogP contribution in [0.2, 0.25) is 5.02 Å². The van der Waals surface area contributed by atoms with Crippen molar-refractivity contribution in [1.29, 1.82) is 5.26 Å². The molecule has 0 radical (unpaired) electrons. The van der Waals surface area contributed by atoms with E-state index in [1.165, 1.54) is 25.1 Å². The highest BCUT2D eigenvalue weighted by molar-refractivity contribution is 6.31. The largest absolute Gasteiger partial charge is 0.454 e. The Morgan fingerprint density at radius 2 is 1.90 bits per heavy atom. The maximum atomic E-state index is 12.6. The highest BCUT2D eigenvalue weighted by Crippen LogP contribution is 2.38. The van der Waals surface area contributed by atoms with E-state index >= 15 is 0 Å². The molecule has 1 heterocycles. The molecule has 3 rings (SSSR count). The molecule has 2 aliphatic rings. The fraction of sp³-hybridized carbons (Fsp3) is 0.450. The number of likely N-dealkylation sites (tertiary alicyclic amines) is 1. The molecule has 29 heavy (non-hydrogen) atoms. The number of fused-ring (bicyclic) bond motifs is 1. The molecule has 0 aromatic heterocycles. The first-order chi connectivity index (χ1) is 13.8. The van der Waals surface area contributed by atoms with Crippen molar-refractivity contribution in [2.75, 3.05) is 11.9 Å². The first-order valence-corrected chi connectivity index (χ1v) is 9.74. The third-order valence-electron chi connectivity index (χ3n) is 5.33. The van der Waals surface area contributed by atoms with Crippen LogP contribution in [-0.4, -0.2) is 41.2 Å². The number of nitrogens with one attached hydrogen (secondary N) is 1. The van der Waals surface area contributed by atoms with Crippen molar-refractivity contribution in [3.05, 3.63) is 28.8 Å². The second-order valence-electron chi connectivity index (χ2n) is 7.18. The molecular formula is C20H20ClN3O5. The number of halogens is 1. The number of nitrogens with zero attached hydrogens (tertiary/aromatic N) is 2. The van der Waals surface area contributed by atoms with Gasteiger partial charge < -0.3 is 10.1 Å². The second kappa shape index (κ2) is 8.62. The summed E-state index contributed by atoms with van der Waals surface area (Å²) >= 11 is 5.86. The summed E-state index contributed by atoms with van der Waals surface area (Å²) in [4.78, 5) is 50.5. The molecule has 3 atom stereocenters. The number of esters is 1. The van der Waals surface area contributed by atoms with E-state index in [1.54, 1.807) is 0 Å². The average Bonchev–Trinajstić information content (AvgIpc) is 2.96. The molecule has 1 aromatic carbocycles. The normalized spacial score (nSPS) is 21.9. The van der Waals surface area contributed by atoms with Crippen LogP contribution in [0.1, 0.15) is 38.2 Å². The van der Waals surface area contributed by atoms with Crippen molar-refractivity contribution in [2.45, 2.75) is 38.6 Å². The van der Waals surface area contributed by atoms with Gasteiger partial charge in [0.15, 0.2) is 6.61 Å². The van der Waals surface area contributed by atoms with Gasteiger partial charge in [0.25, 0.3) is 5.91 Å². The first-order valence-electron chi connectivity index (χ1n) is 9.36. The Morgan fingerprint density at radius 1 is 1.28 bits per heavy atom. The van der Waals surface area contributed by atoms with Crippen molar-refractivity contribution in [3.63, 3.8) is 0 Å². The van der Waals surface area contributed by atoms with Gasteiger partial charge in [-0.3, -0.25) is 19.3 Å². The maximum absolute atomic E-state index is 12.6. The van der Waals surface area contributed by atoms with Crippen molar-refractivity contribution in [3.8, 4) is 6.07 Å². The number of hydrogen-bond acceptors (Lipinski definition) is 6. The van der Waals surface area contributed by atoms with Gasteiger partial charge in [0.1, 0.15) is 12.1 Å². The van der Waals surface area contributed by atoms with E-state index in [0.717, 1.165) is 17.7 Å².